The zero-order chi connectivity index (χ0) is 39.2. The predicted molar refractivity (Wildman–Crippen MR) is 249 cm³/mol. The molecule has 0 atom stereocenters. The third-order valence-electron chi connectivity index (χ3n) is 12.8. The predicted octanol–water partition coefficient (Wildman–Crippen LogP) is 16.2. The van der Waals surface area contributed by atoms with Gasteiger partial charge in [-0.15, -0.1) is 0 Å². The van der Waals surface area contributed by atoms with Crippen LogP contribution >= 0.6 is 0 Å². The van der Waals surface area contributed by atoms with Crippen molar-refractivity contribution in [1.82, 2.24) is 0 Å². The molecular formula is C57H39NO. The number of furan rings is 1. The molecule has 1 heterocycles. The second kappa shape index (κ2) is 12.8. The number of nitrogens with zero attached hydrogens (tertiary/aromatic N) is 1. The third kappa shape index (κ3) is 5.13. The molecule has 0 saturated carbocycles. The van der Waals surface area contributed by atoms with Crippen LogP contribution in [0.5, 0.6) is 0 Å². The Hall–Kier alpha value is -7.42. The van der Waals surface area contributed by atoms with E-state index in [9.17, 15) is 0 Å². The Morgan fingerprint density at radius 2 is 1.02 bits per heavy atom. The van der Waals surface area contributed by atoms with E-state index in [4.69, 9.17) is 4.42 Å². The number of rotatable bonds is 5. The van der Waals surface area contributed by atoms with Gasteiger partial charge in [-0.3, -0.25) is 0 Å². The Balaban J connectivity index is 1.07. The Labute approximate surface area is 343 Å². The van der Waals surface area contributed by atoms with Gasteiger partial charge >= 0.3 is 0 Å². The summed E-state index contributed by atoms with van der Waals surface area (Å²) < 4.78 is 6.61. The zero-order valence-corrected chi connectivity index (χ0v) is 32.9. The van der Waals surface area contributed by atoms with Crippen molar-refractivity contribution in [3.8, 4) is 33.4 Å². The largest absolute Gasteiger partial charge is 0.456 e. The van der Waals surface area contributed by atoms with Crippen LogP contribution in [0.15, 0.2) is 205 Å². The highest BCUT2D eigenvalue weighted by Crippen LogP contribution is 2.55. The fourth-order valence-corrected chi connectivity index (χ4v) is 10.0. The van der Waals surface area contributed by atoms with Gasteiger partial charge in [-0.25, -0.2) is 0 Å². The molecule has 0 bridgehead atoms. The van der Waals surface area contributed by atoms with Crippen molar-refractivity contribution < 1.29 is 4.42 Å². The van der Waals surface area contributed by atoms with Crippen molar-refractivity contribution >= 4 is 71.3 Å². The van der Waals surface area contributed by atoms with Crippen molar-refractivity contribution in [1.29, 1.82) is 0 Å². The minimum Gasteiger partial charge on any atom is -0.456 e. The minimum absolute atomic E-state index is 0.216. The molecule has 2 nitrogen and oxygen atoms in total. The topological polar surface area (TPSA) is 16.4 Å². The maximum Gasteiger partial charge on any atom is 0.136 e. The summed E-state index contributed by atoms with van der Waals surface area (Å²) in [7, 11) is 0. The van der Waals surface area contributed by atoms with Crippen molar-refractivity contribution in [2.24, 2.45) is 0 Å². The molecular weight excluding hydrogens is 715 g/mol. The van der Waals surface area contributed by atoms with Gasteiger partial charge in [0.15, 0.2) is 0 Å². The van der Waals surface area contributed by atoms with Gasteiger partial charge in [0.2, 0.25) is 0 Å². The maximum atomic E-state index is 6.61. The molecule has 1 aliphatic rings. The summed E-state index contributed by atoms with van der Waals surface area (Å²) in [6.07, 6.45) is 0. The lowest BCUT2D eigenvalue weighted by Gasteiger charge is -2.33. The van der Waals surface area contributed by atoms with E-state index in [1.165, 1.54) is 71.4 Å². The lowest BCUT2D eigenvalue weighted by molar-refractivity contribution is 0.661. The molecule has 0 radical (unpaired) electrons. The fraction of sp³-hybridized carbons (Fsp3) is 0.0526. The van der Waals surface area contributed by atoms with Crippen molar-refractivity contribution in [3.63, 3.8) is 0 Å². The number of benzene rings is 10. The van der Waals surface area contributed by atoms with E-state index < -0.39 is 0 Å². The van der Waals surface area contributed by atoms with E-state index in [1.54, 1.807) is 0 Å². The molecule has 0 N–H and O–H groups in total. The molecule has 1 aromatic heterocycles. The summed E-state index contributed by atoms with van der Waals surface area (Å²) in [4.78, 5) is 2.49. The summed E-state index contributed by atoms with van der Waals surface area (Å²) >= 11 is 0. The van der Waals surface area contributed by atoms with E-state index in [1.807, 2.05) is 0 Å². The maximum absolute atomic E-state index is 6.61. The van der Waals surface area contributed by atoms with Crippen LogP contribution in [0.1, 0.15) is 25.0 Å². The number of fused-ring (bicyclic) bond motifs is 10. The van der Waals surface area contributed by atoms with E-state index in [0.717, 1.165) is 44.4 Å². The lowest BCUT2D eigenvalue weighted by atomic mass is 9.81. The molecule has 0 unspecified atom stereocenters. The summed E-state index contributed by atoms with van der Waals surface area (Å²) in [5, 5.41) is 9.71. The molecule has 0 aliphatic heterocycles. The second-order valence-electron chi connectivity index (χ2n) is 16.5. The van der Waals surface area contributed by atoms with Crippen LogP contribution in [-0.2, 0) is 5.41 Å². The number of hydrogen-bond acceptors (Lipinski definition) is 2. The van der Waals surface area contributed by atoms with E-state index in [0.29, 0.717) is 0 Å². The highest BCUT2D eigenvalue weighted by Gasteiger charge is 2.39. The monoisotopic (exact) mass is 753 g/mol. The Morgan fingerprint density at radius 3 is 1.88 bits per heavy atom. The van der Waals surface area contributed by atoms with Crippen LogP contribution in [0.3, 0.4) is 0 Å². The first kappa shape index (κ1) is 33.7. The lowest BCUT2D eigenvalue weighted by Crippen LogP contribution is -2.21. The molecule has 10 aromatic carbocycles. The zero-order valence-electron chi connectivity index (χ0n) is 32.9. The van der Waals surface area contributed by atoms with Crippen LogP contribution in [0.2, 0.25) is 0 Å². The van der Waals surface area contributed by atoms with Crippen molar-refractivity contribution in [3.05, 3.63) is 211 Å². The molecule has 2 heteroatoms. The number of anilines is 3. The van der Waals surface area contributed by atoms with Gasteiger partial charge in [-0.2, -0.15) is 0 Å². The third-order valence-corrected chi connectivity index (χ3v) is 12.8. The molecule has 278 valence electrons. The van der Waals surface area contributed by atoms with E-state index >= 15 is 0 Å². The van der Waals surface area contributed by atoms with Crippen molar-refractivity contribution in [2.75, 3.05) is 4.90 Å². The van der Waals surface area contributed by atoms with Gasteiger partial charge in [0, 0.05) is 27.4 Å². The molecule has 1 aliphatic carbocycles. The van der Waals surface area contributed by atoms with Crippen LogP contribution in [0.4, 0.5) is 17.1 Å². The minimum atomic E-state index is -0.216. The van der Waals surface area contributed by atoms with Gasteiger partial charge < -0.3 is 9.32 Å². The second-order valence-corrected chi connectivity index (χ2v) is 16.5. The Kier molecular flexibility index (Phi) is 7.31. The van der Waals surface area contributed by atoms with Gasteiger partial charge in [0.05, 0.1) is 11.4 Å². The average Bonchev–Trinajstić information content (AvgIpc) is 3.77. The summed E-state index contributed by atoms with van der Waals surface area (Å²) in [5.41, 5.74) is 14.9. The fourth-order valence-electron chi connectivity index (χ4n) is 10.0. The molecule has 12 rings (SSSR count). The first-order valence-corrected chi connectivity index (χ1v) is 20.5. The average molecular weight is 754 g/mol. The number of para-hydroxylation sites is 1. The SMILES string of the molecule is CC1(C)c2ccccc2-c2cccc(N(c3ccc(-c4ccc5c(ccc6ccccc65)c4)cc3)c3ccccc3-c3cccc4oc5cc6ccccc6cc5c34)c21. The molecule has 0 amide bonds. The molecule has 11 aromatic rings. The molecule has 59 heavy (non-hydrogen) atoms. The highest BCUT2D eigenvalue weighted by atomic mass is 16.3. The molecule has 0 fully saturated rings. The first-order chi connectivity index (χ1) is 29.0. The smallest absolute Gasteiger partial charge is 0.136 e. The van der Waals surface area contributed by atoms with Crippen LogP contribution in [-0.4, -0.2) is 0 Å². The number of hydrogen-bond donors (Lipinski definition) is 0. The van der Waals surface area contributed by atoms with E-state index in [-0.39, 0.29) is 5.41 Å². The van der Waals surface area contributed by atoms with E-state index in [2.05, 4.69) is 219 Å². The Morgan fingerprint density at radius 1 is 0.390 bits per heavy atom. The van der Waals surface area contributed by atoms with Crippen molar-refractivity contribution in [2.45, 2.75) is 19.3 Å². The standard InChI is InChI=1S/C57H39NO/c1-57(2)50-21-9-7-17-45(50)48-20-11-23-52(56(48)57)58(42-30-27-36(28-31-42)40-29-32-44-41(33-40)26-25-37-13-5-6-16-43(37)44)51-22-10-8-18-46(51)47-19-12-24-53-55(47)49-34-38-14-3-4-15-39(38)35-54(49)59-53/h3-35H,1-2H3. The molecule has 0 spiro atoms. The van der Waals surface area contributed by atoms with Gasteiger partial charge in [0.25, 0.3) is 0 Å². The summed E-state index contributed by atoms with van der Waals surface area (Å²) in [6.45, 7) is 4.75. The Bertz CT molecular complexity index is 3480. The van der Waals surface area contributed by atoms with Crippen LogP contribution in [0.25, 0.3) is 87.6 Å². The quantitative estimate of drug-likeness (QED) is 0.163. The highest BCUT2D eigenvalue weighted by molar-refractivity contribution is 6.17. The first-order valence-electron chi connectivity index (χ1n) is 20.5. The normalized spacial score (nSPS) is 13.1. The van der Waals surface area contributed by atoms with Gasteiger partial charge in [-0.05, 0) is 120 Å². The molecule has 0 saturated heterocycles. The summed E-state index contributed by atoms with van der Waals surface area (Å²) in [6, 6.07) is 73.3. The van der Waals surface area contributed by atoms with Crippen LogP contribution < -0.4 is 4.90 Å². The van der Waals surface area contributed by atoms with Gasteiger partial charge in [-0.1, -0.05) is 166 Å². The summed E-state index contributed by atoms with van der Waals surface area (Å²) in [5.74, 6) is 0. The van der Waals surface area contributed by atoms with Gasteiger partial charge in [0.1, 0.15) is 11.2 Å². The van der Waals surface area contributed by atoms with Crippen LogP contribution in [0, 0.1) is 0 Å².